The molecule has 1 heterocycles. The lowest BCUT2D eigenvalue weighted by Crippen LogP contribution is -2.36. The molecule has 1 aromatic heterocycles. The fourth-order valence-electron chi connectivity index (χ4n) is 2.31. The Balaban J connectivity index is 1.74. The molecule has 0 saturated carbocycles. The predicted molar refractivity (Wildman–Crippen MR) is 83.6 cm³/mol. The monoisotopic (exact) mass is 303 g/mol. The lowest BCUT2D eigenvalue weighted by atomic mass is 9.97. The average molecular weight is 303 g/mol. The van der Waals surface area contributed by atoms with Crippen LogP contribution in [0.2, 0.25) is 0 Å². The number of aromatic nitrogens is 1. The number of methoxy groups -OCH3 is 1. The number of carbonyl (C=O) groups is 2. The molecule has 118 valence electrons. The first-order chi connectivity index (χ1) is 10.7. The molecule has 1 aromatic rings. The quantitative estimate of drug-likeness (QED) is 0.644. The van der Waals surface area contributed by atoms with Crippen LogP contribution in [0.25, 0.3) is 0 Å². The van der Waals surface area contributed by atoms with Gasteiger partial charge in [0.2, 0.25) is 5.88 Å². The third-order valence-corrected chi connectivity index (χ3v) is 3.53. The van der Waals surface area contributed by atoms with Crippen LogP contribution in [-0.4, -0.2) is 30.5 Å². The van der Waals surface area contributed by atoms with Crippen LogP contribution in [-0.2, 0) is 9.59 Å². The highest BCUT2D eigenvalue weighted by Crippen LogP contribution is 2.19. The highest BCUT2D eigenvalue weighted by atomic mass is 16.5. The molecule has 0 spiro atoms. The van der Waals surface area contributed by atoms with Crippen molar-refractivity contribution in [3.63, 3.8) is 0 Å². The molecule has 2 rings (SSSR count). The van der Waals surface area contributed by atoms with Crippen LogP contribution in [0.4, 0.5) is 5.69 Å². The molecule has 2 amide bonds. The Morgan fingerprint density at radius 3 is 2.77 bits per heavy atom. The molecular weight excluding hydrogens is 282 g/mol. The Labute approximate surface area is 130 Å². The van der Waals surface area contributed by atoms with E-state index in [0.29, 0.717) is 18.1 Å². The number of nitrogens with one attached hydrogen (secondary N) is 2. The van der Waals surface area contributed by atoms with E-state index in [1.165, 1.54) is 31.7 Å². The molecule has 6 nitrogen and oxygen atoms in total. The van der Waals surface area contributed by atoms with Crippen molar-refractivity contribution in [3.05, 3.63) is 30.0 Å². The largest absolute Gasteiger partial charge is 0.481 e. The van der Waals surface area contributed by atoms with Gasteiger partial charge >= 0.3 is 11.8 Å². The molecular formula is C16H21N3O3. The number of allylic oxidation sites excluding steroid dienone is 1. The number of hydrogen-bond acceptors (Lipinski definition) is 4. The second-order valence-corrected chi connectivity index (χ2v) is 5.16. The second kappa shape index (κ2) is 8.17. The van der Waals surface area contributed by atoms with Crippen LogP contribution in [0, 0.1) is 0 Å². The molecule has 1 aliphatic rings. The molecule has 0 atom stereocenters. The fraction of sp³-hybridized carbons (Fsp3) is 0.438. The van der Waals surface area contributed by atoms with Gasteiger partial charge in [0, 0.05) is 12.6 Å². The highest BCUT2D eigenvalue weighted by molar-refractivity contribution is 6.39. The van der Waals surface area contributed by atoms with E-state index < -0.39 is 11.8 Å². The lowest BCUT2D eigenvalue weighted by Gasteiger charge is -2.12. The Kier molecular flexibility index (Phi) is 5.94. The number of hydrogen-bond donors (Lipinski definition) is 2. The molecule has 0 aliphatic heterocycles. The molecule has 22 heavy (non-hydrogen) atoms. The van der Waals surface area contributed by atoms with Crippen LogP contribution >= 0.6 is 0 Å². The topological polar surface area (TPSA) is 80.3 Å². The number of nitrogens with zero attached hydrogens (tertiary/aromatic N) is 1. The van der Waals surface area contributed by atoms with Gasteiger partial charge in [-0.2, -0.15) is 0 Å². The molecule has 0 fully saturated rings. The molecule has 2 N–H and O–H groups in total. The van der Waals surface area contributed by atoms with E-state index in [1.807, 2.05) is 0 Å². The smallest absolute Gasteiger partial charge is 0.313 e. The molecule has 0 bridgehead atoms. The minimum atomic E-state index is -0.690. The van der Waals surface area contributed by atoms with Gasteiger partial charge in [0.05, 0.1) is 19.0 Å². The summed E-state index contributed by atoms with van der Waals surface area (Å²) in [5.41, 5.74) is 1.82. The third kappa shape index (κ3) is 4.87. The van der Waals surface area contributed by atoms with Gasteiger partial charge < -0.3 is 15.4 Å². The maximum Gasteiger partial charge on any atom is 0.313 e. The van der Waals surface area contributed by atoms with E-state index in [2.05, 4.69) is 21.7 Å². The van der Waals surface area contributed by atoms with E-state index in [4.69, 9.17) is 4.74 Å². The summed E-state index contributed by atoms with van der Waals surface area (Å²) in [6.07, 6.45) is 9.16. The molecule has 0 unspecified atom stereocenters. The summed E-state index contributed by atoms with van der Waals surface area (Å²) < 4.78 is 4.92. The maximum atomic E-state index is 11.8. The third-order valence-electron chi connectivity index (χ3n) is 3.53. The highest BCUT2D eigenvalue weighted by Gasteiger charge is 2.13. The van der Waals surface area contributed by atoms with Crippen molar-refractivity contribution in [2.45, 2.75) is 32.1 Å². The summed E-state index contributed by atoms with van der Waals surface area (Å²) in [6.45, 7) is 0.485. The first kappa shape index (κ1) is 16.0. The zero-order valence-corrected chi connectivity index (χ0v) is 12.7. The molecule has 0 aromatic carbocycles. The first-order valence-corrected chi connectivity index (χ1v) is 7.46. The van der Waals surface area contributed by atoms with Gasteiger partial charge in [0.15, 0.2) is 0 Å². The Morgan fingerprint density at radius 1 is 1.27 bits per heavy atom. The zero-order valence-electron chi connectivity index (χ0n) is 12.7. The second-order valence-electron chi connectivity index (χ2n) is 5.16. The van der Waals surface area contributed by atoms with Gasteiger partial charge in [-0.25, -0.2) is 4.98 Å². The minimum absolute atomic E-state index is 0.447. The van der Waals surface area contributed by atoms with Crippen LogP contribution in [0.5, 0.6) is 5.88 Å². The Morgan fingerprint density at radius 2 is 2.14 bits per heavy atom. The van der Waals surface area contributed by atoms with Gasteiger partial charge in [0.1, 0.15) is 0 Å². The van der Waals surface area contributed by atoms with Gasteiger partial charge in [-0.15, -0.1) is 0 Å². The maximum absolute atomic E-state index is 11.8. The van der Waals surface area contributed by atoms with Crippen LogP contribution in [0.1, 0.15) is 32.1 Å². The minimum Gasteiger partial charge on any atom is -0.481 e. The summed E-state index contributed by atoms with van der Waals surface area (Å²) in [7, 11) is 1.51. The number of pyridine rings is 1. The summed E-state index contributed by atoms with van der Waals surface area (Å²) in [4.78, 5) is 27.4. The summed E-state index contributed by atoms with van der Waals surface area (Å²) in [5.74, 6) is -0.875. The molecule has 6 heteroatoms. The van der Waals surface area contributed by atoms with Crippen molar-refractivity contribution in [3.8, 4) is 5.88 Å². The van der Waals surface area contributed by atoms with E-state index >= 15 is 0 Å². The Bertz CT molecular complexity index is 552. The number of rotatable bonds is 5. The predicted octanol–water partition coefficient (Wildman–Crippen LogP) is 2.04. The number of carbonyl (C=O) groups excluding carboxylic acids is 2. The van der Waals surface area contributed by atoms with Crippen LogP contribution in [0.15, 0.2) is 30.0 Å². The molecule has 0 radical (unpaired) electrons. The molecule has 0 saturated heterocycles. The lowest BCUT2D eigenvalue weighted by molar-refractivity contribution is -0.136. The van der Waals surface area contributed by atoms with Crippen molar-refractivity contribution < 1.29 is 14.3 Å². The van der Waals surface area contributed by atoms with Crippen molar-refractivity contribution in [2.24, 2.45) is 0 Å². The van der Waals surface area contributed by atoms with Crippen molar-refractivity contribution >= 4 is 17.5 Å². The van der Waals surface area contributed by atoms with Crippen molar-refractivity contribution in [2.75, 3.05) is 19.0 Å². The van der Waals surface area contributed by atoms with Crippen molar-refractivity contribution in [1.82, 2.24) is 10.3 Å². The fourth-order valence-corrected chi connectivity index (χ4v) is 2.31. The van der Waals surface area contributed by atoms with E-state index in [9.17, 15) is 9.59 Å². The van der Waals surface area contributed by atoms with Gasteiger partial charge in [0.25, 0.3) is 0 Å². The molecule has 1 aliphatic carbocycles. The zero-order chi connectivity index (χ0) is 15.8. The summed E-state index contributed by atoms with van der Waals surface area (Å²) >= 11 is 0. The van der Waals surface area contributed by atoms with Gasteiger partial charge in [-0.1, -0.05) is 11.6 Å². The summed E-state index contributed by atoms with van der Waals surface area (Å²) in [6, 6.07) is 3.24. The summed E-state index contributed by atoms with van der Waals surface area (Å²) in [5, 5.41) is 5.13. The van der Waals surface area contributed by atoms with Crippen LogP contribution < -0.4 is 15.4 Å². The SMILES string of the molecule is COc1ccc(NC(=O)C(=O)NCCC2=CCCCC2)cn1. The number of anilines is 1. The van der Waals surface area contributed by atoms with E-state index in [1.54, 1.807) is 12.1 Å². The normalized spacial score (nSPS) is 14.0. The van der Waals surface area contributed by atoms with E-state index in [-0.39, 0.29) is 0 Å². The number of ether oxygens (including phenoxy) is 1. The average Bonchev–Trinajstić information content (AvgIpc) is 2.56. The Hall–Kier alpha value is -2.37. The van der Waals surface area contributed by atoms with Gasteiger partial charge in [-0.3, -0.25) is 9.59 Å². The van der Waals surface area contributed by atoms with Gasteiger partial charge in [-0.05, 0) is 38.2 Å². The van der Waals surface area contributed by atoms with Crippen molar-refractivity contribution in [1.29, 1.82) is 0 Å². The first-order valence-electron chi connectivity index (χ1n) is 7.46. The van der Waals surface area contributed by atoms with E-state index in [0.717, 1.165) is 19.3 Å². The standard InChI is InChI=1S/C16H21N3O3/c1-22-14-8-7-13(11-18-14)19-16(21)15(20)17-10-9-12-5-3-2-4-6-12/h5,7-8,11H,2-4,6,9-10H2,1H3,(H,17,20)(H,19,21). The van der Waals surface area contributed by atoms with Crippen LogP contribution in [0.3, 0.4) is 0 Å². The number of amides is 2.